The molecule has 0 aliphatic heterocycles. The zero-order chi connectivity index (χ0) is 19.3. The van der Waals surface area contributed by atoms with E-state index in [4.69, 9.17) is 4.42 Å². The highest BCUT2D eigenvalue weighted by Gasteiger charge is 2.15. The van der Waals surface area contributed by atoms with E-state index in [0.29, 0.717) is 16.5 Å². The van der Waals surface area contributed by atoms with Crippen LogP contribution >= 0.6 is 0 Å². The maximum atomic E-state index is 12.5. The number of phenolic OH excluding ortho intramolecular Hbond substituents is 3. The molecular formula is C19H13NO7. The summed E-state index contributed by atoms with van der Waals surface area (Å²) >= 11 is 0. The van der Waals surface area contributed by atoms with Crippen molar-refractivity contribution in [1.29, 1.82) is 0 Å². The summed E-state index contributed by atoms with van der Waals surface area (Å²) in [5, 5.41) is 40.3. The van der Waals surface area contributed by atoms with Gasteiger partial charge in [-0.1, -0.05) is 0 Å². The fraction of sp³-hybridized carbons (Fsp3) is 0.0526. The van der Waals surface area contributed by atoms with Gasteiger partial charge >= 0.3 is 5.63 Å². The van der Waals surface area contributed by atoms with Gasteiger partial charge in [-0.2, -0.15) is 0 Å². The summed E-state index contributed by atoms with van der Waals surface area (Å²) in [6.45, 7) is 0. The lowest BCUT2D eigenvalue weighted by Gasteiger charge is -2.10. The molecule has 0 unspecified atom stereocenters. The smallest absolute Gasteiger partial charge is 0.339 e. The highest BCUT2D eigenvalue weighted by molar-refractivity contribution is 6.07. The maximum Gasteiger partial charge on any atom is 0.339 e. The van der Waals surface area contributed by atoms with Gasteiger partial charge in [-0.05, 0) is 29.0 Å². The molecular weight excluding hydrogens is 354 g/mol. The third-order valence-electron chi connectivity index (χ3n) is 4.21. The first-order valence-corrected chi connectivity index (χ1v) is 7.88. The van der Waals surface area contributed by atoms with Gasteiger partial charge in [-0.25, -0.2) is 4.79 Å². The molecule has 2 aromatic heterocycles. The number of nitrogens with one attached hydrogen (secondary N) is 1. The number of hydrogen-bond acceptors (Lipinski definition) is 7. The van der Waals surface area contributed by atoms with Crippen molar-refractivity contribution in [1.82, 2.24) is 4.98 Å². The third kappa shape index (κ3) is 2.82. The molecule has 0 saturated carbocycles. The number of phenols is 3. The van der Waals surface area contributed by atoms with Crippen LogP contribution in [0, 0.1) is 0 Å². The van der Waals surface area contributed by atoms with Gasteiger partial charge in [0.1, 0.15) is 28.8 Å². The van der Waals surface area contributed by atoms with Gasteiger partial charge in [0.05, 0.1) is 16.8 Å². The van der Waals surface area contributed by atoms with Crippen LogP contribution in [0.25, 0.3) is 21.5 Å². The van der Waals surface area contributed by atoms with E-state index in [9.17, 15) is 30.0 Å². The molecule has 27 heavy (non-hydrogen) atoms. The van der Waals surface area contributed by atoms with Gasteiger partial charge in [0, 0.05) is 24.2 Å². The minimum Gasteiger partial charge on any atom is -0.508 e. The molecule has 0 aliphatic carbocycles. The van der Waals surface area contributed by atoms with Crippen molar-refractivity contribution >= 4 is 21.5 Å². The SMILES string of the molecule is O=c1cc(O)cc(Cc2cc3cc4cc(O)cc(O)c4c(O)c3c(=O)[nH]2)o1. The molecule has 0 atom stereocenters. The van der Waals surface area contributed by atoms with Gasteiger partial charge in [0.2, 0.25) is 0 Å². The molecule has 2 heterocycles. The van der Waals surface area contributed by atoms with Crippen molar-refractivity contribution in [3.63, 3.8) is 0 Å². The fourth-order valence-corrected chi connectivity index (χ4v) is 3.18. The summed E-state index contributed by atoms with van der Waals surface area (Å²) in [5.41, 5.74) is -0.941. The third-order valence-corrected chi connectivity index (χ3v) is 4.21. The van der Waals surface area contributed by atoms with Crippen LogP contribution in [0.3, 0.4) is 0 Å². The average Bonchev–Trinajstić information content (AvgIpc) is 2.52. The van der Waals surface area contributed by atoms with Gasteiger partial charge in [0.25, 0.3) is 5.56 Å². The van der Waals surface area contributed by atoms with Gasteiger partial charge in [0.15, 0.2) is 0 Å². The number of aromatic amines is 1. The second kappa shape index (κ2) is 5.80. The molecule has 0 saturated heterocycles. The zero-order valence-corrected chi connectivity index (χ0v) is 13.7. The lowest BCUT2D eigenvalue weighted by Crippen LogP contribution is -2.10. The number of rotatable bonds is 2. The van der Waals surface area contributed by atoms with Crippen LogP contribution in [0.15, 0.2) is 50.4 Å². The molecule has 0 fully saturated rings. The van der Waals surface area contributed by atoms with Crippen molar-refractivity contribution in [3.8, 4) is 23.0 Å². The van der Waals surface area contributed by atoms with Gasteiger partial charge in [-0.3, -0.25) is 4.79 Å². The molecule has 4 aromatic rings. The molecule has 0 radical (unpaired) electrons. The largest absolute Gasteiger partial charge is 0.508 e. The van der Waals surface area contributed by atoms with E-state index < -0.39 is 16.9 Å². The minimum absolute atomic E-state index is 0.0235. The first kappa shape index (κ1) is 16.5. The minimum atomic E-state index is -0.720. The number of benzene rings is 2. The van der Waals surface area contributed by atoms with Crippen LogP contribution in [-0.2, 0) is 6.42 Å². The molecule has 0 spiro atoms. The summed E-state index contributed by atoms with van der Waals surface area (Å²) in [4.78, 5) is 26.4. The average molecular weight is 367 g/mol. The molecule has 0 amide bonds. The normalized spacial score (nSPS) is 11.3. The Morgan fingerprint density at radius 2 is 1.52 bits per heavy atom. The molecule has 4 rings (SSSR count). The Balaban J connectivity index is 1.94. The summed E-state index contributed by atoms with van der Waals surface area (Å²) in [5.74, 6) is -1.05. The van der Waals surface area contributed by atoms with E-state index in [2.05, 4.69) is 4.98 Å². The number of H-pyrrole nitrogens is 1. The highest BCUT2D eigenvalue weighted by Crippen LogP contribution is 2.39. The number of hydrogen-bond donors (Lipinski definition) is 5. The summed E-state index contributed by atoms with van der Waals surface area (Å²) in [6.07, 6.45) is 0.0267. The van der Waals surface area contributed by atoms with Gasteiger partial charge in [-0.15, -0.1) is 0 Å². The van der Waals surface area contributed by atoms with Crippen LogP contribution in [0.5, 0.6) is 23.0 Å². The topological polar surface area (TPSA) is 144 Å². The first-order chi connectivity index (χ1) is 12.8. The molecule has 0 aliphatic rings. The highest BCUT2D eigenvalue weighted by atomic mass is 16.4. The standard InChI is InChI=1S/C19H13NO7/c21-11-3-9-1-8-2-10(4-13-5-12(22)7-15(24)27-13)20-19(26)17(8)18(25)16(9)14(23)6-11/h1-3,5-7,21-23,25H,4H2,(H,20,26). The quantitative estimate of drug-likeness (QED) is 0.341. The number of pyridine rings is 1. The fourth-order valence-electron chi connectivity index (χ4n) is 3.18. The molecule has 8 nitrogen and oxygen atoms in total. The Morgan fingerprint density at radius 3 is 2.26 bits per heavy atom. The van der Waals surface area contributed by atoms with E-state index in [0.717, 1.165) is 12.1 Å². The Hall–Kier alpha value is -3.94. The zero-order valence-electron chi connectivity index (χ0n) is 13.7. The van der Waals surface area contributed by atoms with Gasteiger partial charge < -0.3 is 29.8 Å². The van der Waals surface area contributed by atoms with E-state index in [1.54, 1.807) is 12.1 Å². The van der Waals surface area contributed by atoms with E-state index in [1.807, 2.05) is 0 Å². The van der Waals surface area contributed by atoms with Crippen LogP contribution in [0.2, 0.25) is 0 Å². The monoisotopic (exact) mass is 367 g/mol. The van der Waals surface area contributed by atoms with Crippen molar-refractivity contribution < 1.29 is 24.8 Å². The second-order valence-corrected chi connectivity index (χ2v) is 6.15. The number of fused-ring (bicyclic) bond motifs is 2. The van der Waals surface area contributed by atoms with Crippen molar-refractivity contribution in [2.75, 3.05) is 0 Å². The molecule has 136 valence electrons. The Labute approximate surface area is 150 Å². The van der Waals surface area contributed by atoms with E-state index in [-0.39, 0.29) is 40.2 Å². The Bertz CT molecular complexity index is 1330. The predicted molar refractivity (Wildman–Crippen MR) is 96.5 cm³/mol. The molecule has 0 bridgehead atoms. The van der Waals surface area contributed by atoms with Crippen LogP contribution < -0.4 is 11.2 Å². The van der Waals surface area contributed by atoms with Crippen molar-refractivity contribution in [2.45, 2.75) is 6.42 Å². The lowest BCUT2D eigenvalue weighted by molar-refractivity contribution is 0.428. The van der Waals surface area contributed by atoms with Crippen molar-refractivity contribution in [3.05, 3.63) is 68.6 Å². The van der Waals surface area contributed by atoms with Crippen LogP contribution in [-0.4, -0.2) is 25.4 Å². The van der Waals surface area contributed by atoms with E-state index in [1.165, 1.54) is 12.1 Å². The second-order valence-electron chi connectivity index (χ2n) is 6.15. The summed E-state index contributed by atoms with van der Waals surface area (Å²) in [7, 11) is 0. The Kier molecular flexibility index (Phi) is 3.55. The molecule has 5 N–H and O–H groups in total. The molecule has 8 heteroatoms. The predicted octanol–water partition coefficient (Wildman–Crippen LogP) is 2.05. The van der Waals surface area contributed by atoms with E-state index >= 15 is 0 Å². The summed E-state index contributed by atoms with van der Waals surface area (Å²) < 4.78 is 4.99. The van der Waals surface area contributed by atoms with Crippen molar-refractivity contribution in [2.24, 2.45) is 0 Å². The first-order valence-electron chi connectivity index (χ1n) is 7.88. The van der Waals surface area contributed by atoms with Crippen LogP contribution in [0.4, 0.5) is 0 Å². The van der Waals surface area contributed by atoms with Crippen LogP contribution in [0.1, 0.15) is 11.5 Å². The number of aromatic hydroxyl groups is 4. The summed E-state index contributed by atoms with van der Waals surface area (Å²) in [6, 6.07) is 7.72. The Morgan fingerprint density at radius 1 is 0.815 bits per heavy atom. The lowest BCUT2D eigenvalue weighted by atomic mass is 10.0. The maximum absolute atomic E-state index is 12.5. The molecule has 2 aromatic carbocycles. The number of aromatic nitrogens is 1.